The van der Waals surface area contributed by atoms with Gasteiger partial charge in [0.25, 0.3) is 0 Å². The summed E-state index contributed by atoms with van der Waals surface area (Å²) in [6, 6.07) is 1.91. The van der Waals surface area contributed by atoms with Crippen LogP contribution in [0.25, 0.3) is 21.7 Å². The number of hydrogen-bond donors (Lipinski definition) is 0. The Hall–Kier alpha value is -1.46. The molecule has 0 saturated carbocycles. The Morgan fingerprint density at radius 2 is 2.10 bits per heavy atom. The standard InChI is InChI=1S/C14H13ClN4S/c1-19-7-6-9(18-19)13-16-12(15)11-8-4-2-3-5-10(8)20-14(11)17-13/h6-7H,2-5H2,1H3. The second-order valence-electron chi connectivity index (χ2n) is 5.10. The van der Waals surface area contributed by atoms with E-state index in [-0.39, 0.29) is 0 Å². The van der Waals surface area contributed by atoms with Crippen LogP contribution < -0.4 is 0 Å². The van der Waals surface area contributed by atoms with Crippen molar-refractivity contribution in [3.63, 3.8) is 0 Å². The number of fused-ring (bicyclic) bond motifs is 3. The summed E-state index contributed by atoms with van der Waals surface area (Å²) in [6.07, 6.45) is 6.62. The molecule has 0 aliphatic heterocycles. The molecule has 0 unspecified atom stereocenters. The minimum atomic E-state index is 0.565. The van der Waals surface area contributed by atoms with Gasteiger partial charge < -0.3 is 0 Å². The van der Waals surface area contributed by atoms with Gasteiger partial charge in [-0.2, -0.15) is 5.10 Å². The maximum absolute atomic E-state index is 6.42. The van der Waals surface area contributed by atoms with Gasteiger partial charge in [0.05, 0.1) is 5.39 Å². The van der Waals surface area contributed by atoms with Gasteiger partial charge in [-0.15, -0.1) is 11.3 Å². The van der Waals surface area contributed by atoms with Crippen molar-refractivity contribution in [2.75, 3.05) is 0 Å². The van der Waals surface area contributed by atoms with Gasteiger partial charge >= 0.3 is 0 Å². The number of aryl methyl sites for hydroxylation is 3. The fourth-order valence-corrected chi connectivity index (χ4v) is 4.36. The molecule has 0 fully saturated rings. The SMILES string of the molecule is Cn1ccc(-c2nc(Cl)c3c4c(sc3n2)CCCC4)n1. The van der Waals surface area contributed by atoms with Gasteiger partial charge in [-0.3, -0.25) is 4.68 Å². The van der Waals surface area contributed by atoms with Crippen molar-refractivity contribution in [3.8, 4) is 11.5 Å². The predicted octanol–water partition coefficient (Wildman–Crippen LogP) is 3.62. The predicted molar refractivity (Wildman–Crippen MR) is 81.3 cm³/mol. The van der Waals surface area contributed by atoms with Crippen molar-refractivity contribution in [1.29, 1.82) is 0 Å². The summed E-state index contributed by atoms with van der Waals surface area (Å²) in [7, 11) is 1.88. The van der Waals surface area contributed by atoms with Crippen molar-refractivity contribution in [2.24, 2.45) is 7.05 Å². The summed E-state index contributed by atoms with van der Waals surface area (Å²) >= 11 is 8.18. The van der Waals surface area contributed by atoms with Crippen LogP contribution in [0.4, 0.5) is 0 Å². The quantitative estimate of drug-likeness (QED) is 0.645. The number of aromatic nitrogens is 4. The summed E-state index contributed by atoms with van der Waals surface area (Å²) in [6.45, 7) is 0. The normalized spacial score (nSPS) is 14.7. The number of hydrogen-bond acceptors (Lipinski definition) is 4. The molecule has 4 nitrogen and oxygen atoms in total. The maximum Gasteiger partial charge on any atom is 0.182 e. The lowest BCUT2D eigenvalue weighted by Gasteiger charge is -2.10. The third kappa shape index (κ3) is 1.84. The summed E-state index contributed by atoms with van der Waals surface area (Å²) < 4.78 is 1.75. The van der Waals surface area contributed by atoms with E-state index in [0.717, 1.165) is 28.8 Å². The average molecular weight is 305 g/mol. The van der Waals surface area contributed by atoms with Gasteiger partial charge in [0, 0.05) is 18.1 Å². The molecule has 3 aromatic heterocycles. The molecule has 0 bridgehead atoms. The lowest BCUT2D eigenvalue weighted by atomic mass is 9.97. The van der Waals surface area contributed by atoms with E-state index in [4.69, 9.17) is 11.6 Å². The van der Waals surface area contributed by atoms with Crippen LogP contribution in [0.3, 0.4) is 0 Å². The Balaban J connectivity index is 1.94. The Bertz CT molecular complexity index is 805. The van der Waals surface area contributed by atoms with Gasteiger partial charge in [0.1, 0.15) is 15.7 Å². The molecular weight excluding hydrogens is 292 g/mol. The Morgan fingerprint density at radius 3 is 2.90 bits per heavy atom. The lowest BCUT2D eigenvalue weighted by molar-refractivity contribution is 0.700. The van der Waals surface area contributed by atoms with Crippen LogP contribution in [-0.2, 0) is 19.9 Å². The molecule has 0 spiro atoms. The third-order valence-corrected chi connectivity index (χ3v) is 5.17. The van der Waals surface area contributed by atoms with E-state index in [9.17, 15) is 0 Å². The molecule has 1 aliphatic rings. The topological polar surface area (TPSA) is 43.6 Å². The van der Waals surface area contributed by atoms with E-state index in [0.29, 0.717) is 11.0 Å². The number of thiophene rings is 1. The van der Waals surface area contributed by atoms with Crippen molar-refractivity contribution < 1.29 is 0 Å². The van der Waals surface area contributed by atoms with E-state index in [1.807, 2.05) is 19.3 Å². The number of nitrogens with zero attached hydrogens (tertiary/aromatic N) is 4. The van der Waals surface area contributed by atoms with Gasteiger partial charge in [0.15, 0.2) is 5.82 Å². The second kappa shape index (κ2) is 4.53. The molecule has 3 heterocycles. The molecule has 4 rings (SSSR count). The van der Waals surface area contributed by atoms with E-state index >= 15 is 0 Å². The molecule has 6 heteroatoms. The summed E-state index contributed by atoms with van der Waals surface area (Å²) in [5.41, 5.74) is 2.14. The van der Waals surface area contributed by atoms with Crippen LogP contribution in [0, 0.1) is 0 Å². The van der Waals surface area contributed by atoms with Gasteiger partial charge in [0.2, 0.25) is 0 Å². The first kappa shape index (κ1) is 12.3. The van der Waals surface area contributed by atoms with Crippen molar-refractivity contribution in [3.05, 3.63) is 27.9 Å². The molecule has 0 aromatic carbocycles. The van der Waals surface area contributed by atoms with Gasteiger partial charge in [-0.1, -0.05) is 11.6 Å². The molecule has 1 aliphatic carbocycles. The highest BCUT2D eigenvalue weighted by Gasteiger charge is 2.21. The first-order valence-electron chi connectivity index (χ1n) is 6.70. The molecule has 0 atom stereocenters. The van der Waals surface area contributed by atoms with Crippen LogP contribution in [0.5, 0.6) is 0 Å². The first-order chi connectivity index (χ1) is 9.72. The second-order valence-corrected chi connectivity index (χ2v) is 6.55. The molecule has 20 heavy (non-hydrogen) atoms. The smallest absolute Gasteiger partial charge is 0.182 e. The molecular formula is C14H13ClN4S. The summed E-state index contributed by atoms with van der Waals surface area (Å²) in [5, 5.41) is 5.97. The summed E-state index contributed by atoms with van der Waals surface area (Å²) in [5.74, 6) is 0.613. The van der Waals surface area contributed by atoms with Crippen molar-refractivity contribution >= 4 is 33.2 Å². The third-order valence-electron chi connectivity index (χ3n) is 3.71. The molecule has 0 amide bonds. The Kier molecular flexibility index (Phi) is 2.79. The summed E-state index contributed by atoms with van der Waals surface area (Å²) in [4.78, 5) is 11.6. The van der Waals surface area contributed by atoms with Gasteiger partial charge in [-0.05, 0) is 37.3 Å². The van der Waals surface area contributed by atoms with E-state index in [1.165, 1.54) is 23.3 Å². The van der Waals surface area contributed by atoms with Crippen molar-refractivity contribution in [1.82, 2.24) is 19.7 Å². The molecule has 3 aromatic rings. The van der Waals surface area contributed by atoms with Gasteiger partial charge in [-0.25, -0.2) is 9.97 Å². The monoisotopic (exact) mass is 304 g/mol. The highest BCUT2D eigenvalue weighted by molar-refractivity contribution is 7.19. The molecule has 0 saturated heterocycles. The van der Waals surface area contributed by atoms with Crippen molar-refractivity contribution in [2.45, 2.75) is 25.7 Å². The highest BCUT2D eigenvalue weighted by Crippen LogP contribution is 2.39. The Labute approximate surface area is 125 Å². The van der Waals surface area contributed by atoms with E-state index in [2.05, 4.69) is 15.1 Å². The zero-order chi connectivity index (χ0) is 13.7. The molecule has 0 radical (unpaired) electrons. The van der Waals surface area contributed by atoms with Crippen LogP contribution >= 0.6 is 22.9 Å². The Morgan fingerprint density at radius 1 is 1.25 bits per heavy atom. The minimum Gasteiger partial charge on any atom is -0.275 e. The fourth-order valence-electron chi connectivity index (χ4n) is 2.76. The fraction of sp³-hybridized carbons (Fsp3) is 0.357. The minimum absolute atomic E-state index is 0.565. The largest absolute Gasteiger partial charge is 0.275 e. The van der Waals surface area contributed by atoms with Crippen LogP contribution in [0.2, 0.25) is 5.15 Å². The first-order valence-corrected chi connectivity index (χ1v) is 7.89. The molecule has 102 valence electrons. The number of halogens is 1. The molecule has 0 N–H and O–H groups in total. The van der Waals surface area contributed by atoms with E-state index in [1.54, 1.807) is 16.0 Å². The number of rotatable bonds is 1. The zero-order valence-electron chi connectivity index (χ0n) is 11.1. The highest BCUT2D eigenvalue weighted by atomic mass is 35.5. The van der Waals surface area contributed by atoms with Crippen LogP contribution in [-0.4, -0.2) is 19.7 Å². The average Bonchev–Trinajstić information content (AvgIpc) is 3.01. The maximum atomic E-state index is 6.42. The van der Waals surface area contributed by atoms with Crippen LogP contribution in [0.1, 0.15) is 23.3 Å². The lowest BCUT2D eigenvalue weighted by Crippen LogP contribution is -1.99. The van der Waals surface area contributed by atoms with E-state index < -0.39 is 0 Å². The zero-order valence-corrected chi connectivity index (χ0v) is 12.6. The van der Waals surface area contributed by atoms with Crippen LogP contribution in [0.15, 0.2) is 12.3 Å².